The molecule has 33 heavy (non-hydrogen) atoms. The maximum atomic E-state index is 12.7. The first kappa shape index (κ1) is 25.8. The van der Waals surface area contributed by atoms with Crippen LogP contribution in [0.3, 0.4) is 0 Å². The normalized spacial score (nSPS) is 18.9. The van der Waals surface area contributed by atoms with Crippen molar-refractivity contribution < 1.29 is 4.79 Å². The average molecular weight is 475 g/mol. The summed E-state index contributed by atoms with van der Waals surface area (Å²) in [5.41, 5.74) is 0.824. The minimum absolute atomic E-state index is 0.167. The summed E-state index contributed by atoms with van der Waals surface area (Å²) in [7, 11) is 0. The molecule has 2 aromatic rings. The first-order valence-corrected chi connectivity index (χ1v) is 13.7. The van der Waals surface area contributed by atoms with Gasteiger partial charge in [-0.1, -0.05) is 65.6 Å². The maximum Gasteiger partial charge on any atom is 0.223 e. The number of rotatable bonds is 12. The topological polar surface area (TPSA) is 84.7 Å². The Morgan fingerprint density at radius 1 is 1.18 bits per heavy atom. The van der Waals surface area contributed by atoms with Crippen molar-refractivity contribution in [3.8, 4) is 0 Å². The molecule has 1 aliphatic rings. The van der Waals surface area contributed by atoms with E-state index in [-0.39, 0.29) is 11.8 Å². The second kappa shape index (κ2) is 12.6. The number of anilines is 1. The van der Waals surface area contributed by atoms with Gasteiger partial charge in [-0.2, -0.15) is 5.10 Å². The molecular weight excluding hydrogens is 432 g/mol. The molecule has 2 N–H and O–H groups in total. The lowest BCUT2D eigenvalue weighted by Gasteiger charge is -2.27. The number of nitrogens with zero attached hydrogens (tertiary/aromatic N) is 4. The largest absolute Gasteiger partial charge is 0.369 e. The monoisotopic (exact) mass is 474 g/mol. The van der Waals surface area contributed by atoms with Crippen LogP contribution in [0.1, 0.15) is 79.6 Å². The highest BCUT2D eigenvalue weighted by Crippen LogP contribution is 2.32. The molecule has 0 unspecified atom stereocenters. The van der Waals surface area contributed by atoms with Crippen LogP contribution in [-0.2, 0) is 11.3 Å². The number of hydrogen-bond acceptors (Lipinski definition) is 6. The van der Waals surface area contributed by atoms with E-state index < -0.39 is 0 Å². The van der Waals surface area contributed by atoms with Crippen LogP contribution in [0.25, 0.3) is 11.0 Å². The molecule has 3 rings (SSSR count). The number of amides is 1. The van der Waals surface area contributed by atoms with Crippen molar-refractivity contribution in [2.24, 2.45) is 17.8 Å². The standard InChI is InChI=1S/C25H42N6OS/c1-6-7-8-19-9-11-20(12-10-19)24(32)26-13-14-31-23-21(16-28-31)22(27-15-17(2)3)29-25(30-23)33-18(4)5/h16-20H,6-15H2,1-5H3,(H,26,32)(H,27,29,30). The summed E-state index contributed by atoms with van der Waals surface area (Å²) in [6.07, 6.45) is 10.2. The summed E-state index contributed by atoms with van der Waals surface area (Å²) in [4.78, 5) is 22.2. The zero-order chi connectivity index (χ0) is 23.8. The number of aromatic nitrogens is 4. The van der Waals surface area contributed by atoms with Gasteiger partial charge in [-0.05, 0) is 37.5 Å². The van der Waals surface area contributed by atoms with E-state index in [0.717, 1.165) is 47.3 Å². The molecule has 184 valence electrons. The quantitative estimate of drug-likeness (QED) is 0.312. The molecule has 0 atom stereocenters. The van der Waals surface area contributed by atoms with Gasteiger partial charge in [0.25, 0.3) is 0 Å². The van der Waals surface area contributed by atoms with Gasteiger partial charge in [0, 0.05) is 24.3 Å². The third-order valence-electron chi connectivity index (χ3n) is 6.30. The van der Waals surface area contributed by atoms with Crippen LogP contribution in [0.15, 0.2) is 11.4 Å². The lowest BCUT2D eigenvalue weighted by Crippen LogP contribution is -2.35. The van der Waals surface area contributed by atoms with Crippen molar-refractivity contribution in [2.75, 3.05) is 18.4 Å². The summed E-state index contributed by atoms with van der Waals surface area (Å²) in [6.45, 7) is 12.9. The summed E-state index contributed by atoms with van der Waals surface area (Å²) < 4.78 is 1.89. The fourth-order valence-electron chi connectivity index (χ4n) is 4.43. The Morgan fingerprint density at radius 2 is 1.94 bits per heavy atom. The van der Waals surface area contributed by atoms with Crippen LogP contribution in [0, 0.1) is 17.8 Å². The number of hydrogen-bond donors (Lipinski definition) is 2. The Morgan fingerprint density at radius 3 is 2.61 bits per heavy atom. The first-order chi connectivity index (χ1) is 15.9. The van der Waals surface area contributed by atoms with Gasteiger partial charge in [0.05, 0.1) is 18.1 Å². The second-order valence-electron chi connectivity index (χ2n) is 10.1. The summed E-state index contributed by atoms with van der Waals surface area (Å²) >= 11 is 1.65. The van der Waals surface area contributed by atoms with Gasteiger partial charge in [-0.25, -0.2) is 14.6 Å². The van der Waals surface area contributed by atoms with E-state index in [1.165, 1.54) is 32.1 Å². The Hall–Kier alpha value is -1.83. The van der Waals surface area contributed by atoms with E-state index in [1.807, 2.05) is 10.9 Å². The zero-order valence-electron chi connectivity index (χ0n) is 21.1. The van der Waals surface area contributed by atoms with E-state index in [1.54, 1.807) is 11.8 Å². The second-order valence-corrected chi connectivity index (χ2v) is 11.6. The minimum Gasteiger partial charge on any atom is -0.369 e. The van der Waals surface area contributed by atoms with Crippen molar-refractivity contribution in [3.05, 3.63) is 6.20 Å². The average Bonchev–Trinajstić information content (AvgIpc) is 3.18. The Bertz CT molecular complexity index is 888. The molecule has 1 amide bonds. The van der Waals surface area contributed by atoms with Crippen LogP contribution in [0.4, 0.5) is 5.82 Å². The number of thioether (sulfide) groups is 1. The fourth-order valence-corrected chi connectivity index (χ4v) is 5.14. The number of carbonyl (C=O) groups excluding carboxylic acids is 1. The van der Waals surface area contributed by atoms with Gasteiger partial charge in [0.2, 0.25) is 5.91 Å². The zero-order valence-corrected chi connectivity index (χ0v) is 21.9. The van der Waals surface area contributed by atoms with E-state index >= 15 is 0 Å². The molecule has 0 aliphatic heterocycles. The van der Waals surface area contributed by atoms with Gasteiger partial charge >= 0.3 is 0 Å². The van der Waals surface area contributed by atoms with Gasteiger partial charge in [0.1, 0.15) is 5.82 Å². The molecular formula is C25H42N6OS. The number of unbranched alkanes of at least 4 members (excludes halogenated alkanes) is 1. The number of carbonyl (C=O) groups is 1. The maximum absolute atomic E-state index is 12.7. The van der Waals surface area contributed by atoms with Crippen molar-refractivity contribution in [1.82, 2.24) is 25.1 Å². The molecule has 2 heterocycles. The van der Waals surface area contributed by atoms with Crippen LogP contribution in [0.5, 0.6) is 0 Å². The summed E-state index contributed by atoms with van der Waals surface area (Å²) in [5.74, 6) is 2.54. The van der Waals surface area contributed by atoms with E-state index in [0.29, 0.717) is 24.3 Å². The molecule has 7 nitrogen and oxygen atoms in total. The molecule has 1 aliphatic carbocycles. The molecule has 0 radical (unpaired) electrons. The lowest BCUT2D eigenvalue weighted by atomic mass is 9.79. The van der Waals surface area contributed by atoms with Crippen molar-refractivity contribution in [2.45, 2.75) is 96.5 Å². The van der Waals surface area contributed by atoms with Crippen LogP contribution in [-0.4, -0.2) is 44.0 Å². The number of nitrogens with one attached hydrogen (secondary N) is 2. The van der Waals surface area contributed by atoms with Crippen molar-refractivity contribution in [3.63, 3.8) is 0 Å². The van der Waals surface area contributed by atoms with E-state index in [2.05, 4.69) is 50.4 Å². The summed E-state index contributed by atoms with van der Waals surface area (Å²) in [6, 6.07) is 0. The highest BCUT2D eigenvalue weighted by Gasteiger charge is 2.25. The smallest absolute Gasteiger partial charge is 0.223 e. The molecule has 0 bridgehead atoms. The molecule has 1 fully saturated rings. The van der Waals surface area contributed by atoms with Crippen LogP contribution >= 0.6 is 11.8 Å². The van der Waals surface area contributed by atoms with Crippen LogP contribution in [0.2, 0.25) is 0 Å². The lowest BCUT2D eigenvalue weighted by molar-refractivity contribution is -0.126. The Kier molecular flexibility index (Phi) is 9.83. The highest BCUT2D eigenvalue weighted by atomic mass is 32.2. The predicted octanol–water partition coefficient (Wildman–Crippen LogP) is 5.51. The Labute approximate surface area is 203 Å². The van der Waals surface area contributed by atoms with Gasteiger partial charge in [0.15, 0.2) is 10.8 Å². The third-order valence-corrected chi connectivity index (χ3v) is 7.17. The molecule has 1 saturated carbocycles. The highest BCUT2D eigenvalue weighted by molar-refractivity contribution is 7.99. The molecule has 0 saturated heterocycles. The van der Waals surface area contributed by atoms with Crippen molar-refractivity contribution >= 4 is 34.5 Å². The third kappa shape index (κ3) is 7.59. The van der Waals surface area contributed by atoms with E-state index in [4.69, 9.17) is 9.97 Å². The fraction of sp³-hybridized carbons (Fsp3) is 0.760. The van der Waals surface area contributed by atoms with Crippen LogP contribution < -0.4 is 10.6 Å². The van der Waals surface area contributed by atoms with Gasteiger partial charge in [-0.3, -0.25) is 4.79 Å². The molecule has 2 aromatic heterocycles. The van der Waals surface area contributed by atoms with E-state index in [9.17, 15) is 4.79 Å². The molecule has 8 heteroatoms. The number of fused-ring (bicyclic) bond motifs is 1. The summed E-state index contributed by atoms with van der Waals surface area (Å²) in [5, 5.41) is 13.3. The first-order valence-electron chi connectivity index (χ1n) is 12.8. The molecule has 0 aromatic carbocycles. The van der Waals surface area contributed by atoms with Gasteiger partial charge in [-0.15, -0.1) is 0 Å². The molecule has 0 spiro atoms. The van der Waals surface area contributed by atoms with Crippen molar-refractivity contribution in [1.29, 1.82) is 0 Å². The Balaban J connectivity index is 1.59. The minimum atomic E-state index is 0.167. The predicted molar refractivity (Wildman–Crippen MR) is 138 cm³/mol. The van der Waals surface area contributed by atoms with Gasteiger partial charge < -0.3 is 10.6 Å². The SMILES string of the molecule is CCCCC1CCC(C(=O)NCCn2ncc3c(NCC(C)C)nc(SC(C)C)nc32)CC1.